The average Bonchev–Trinajstić information content (AvgIpc) is 2.52. The molecule has 0 bridgehead atoms. The molecule has 0 unspecified atom stereocenters. The first-order valence-electron chi connectivity index (χ1n) is 6.49. The van der Waals surface area contributed by atoms with E-state index in [2.05, 4.69) is 18.9 Å². The first-order valence-corrected chi connectivity index (χ1v) is 6.49. The van der Waals surface area contributed by atoms with Gasteiger partial charge in [0, 0.05) is 12.2 Å². The highest BCUT2D eigenvalue weighted by atomic mass is 16.4. The van der Waals surface area contributed by atoms with Crippen molar-refractivity contribution in [1.29, 1.82) is 0 Å². The van der Waals surface area contributed by atoms with Gasteiger partial charge in [0.15, 0.2) is 0 Å². The Hall–Kier alpha value is -1.32. The molecule has 18 heavy (non-hydrogen) atoms. The molecule has 4 nitrogen and oxygen atoms in total. The highest BCUT2D eigenvalue weighted by Crippen LogP contribution is 2.23. The van der Waals surface area contributed by atoms with Crippen LogP contribution in [0.3, 0.4) is 0 Å². The zero-order valence-corrected chi connectivity index (χ0v) is 12.1. The van der Waals surface area contributed by atoms with Crippen molar-refractivity contribution in [3.63, 3.8) is 0 Å². The summed E-state index contributed by atoms with van der Waals surface area (Å²) in [5, 5.41) is 13.5. The summed E-state index contributed by atoms with van der Waals surface area (Å²) in [5.41, 5.74) is 2.93. The van der Waals surface area contributed by atoms with Crippen LogP contribution in [0.15, 0.2) is 0 Å². The van der Waals surface area contributed by atoms with E-state index in [1.165, 1.54) is 11.3 Å². The van der Waals surface area contributed by atoms with Crippen molar-refractivity contribution >= 4 is 5.97 Å². The van der Waals surface area contributed by atoms with Crippen LogP contribution in [0.1, 0.15) is 50.1 Å². The number of carboxylic acids is 1. The molecule has 0 radical (unpaired) electrons. The second-order valence-electron chi connectivity index (χ2n) is 5.67. The van der Waals surface area contributed by atoms with E-state index in [0.717, 1.165) is 25.1 Å². The topological polar surface area (TPSA) is 55.1 Å². The van der Waals surface area contributed by atoms with Crippen molar-refractivity contribution in [1.82, 2.24) is 9.78 Å². The second-order valence-corrected chi connectivity index (χ2v) is 5.67. The van der Waals surface area contributed by atoms with Gasteiger partial charge in [0.05, 0.1) is 11.1 Å². The molecule has 4 heteroatoms. The Bertz CT molecular complexity index is 433. The fraction of sp³-hybridized carbons (Fsp3) is 0.714. The van der Waals surface area contributed by atoms with Crippen LogP contribution in [0, 0.1) is 26.2 Å². The van der Waals surface area contributed by atoms with Gasteiger partial charge in [0.25, 0.3) is 0 Å². The lowest BCUT2D eigenvalue weighted by Crippen LogP contribution is -2.23. The summed E-state index contributed by atoms with van der Waals surface area (Å²) in [6.07, 6.45) is 2.59. The minimum Gasteiger partial charge on any atom is -0.481 e. The van der Waals surface area contributed by atoms with Crippen LogP contribution in [0.4, 0.5) is 0 Å². The second kappa shape index (κ2) is 5.55. The molecule has 0 aliphatic heterocycles. The maximum absolute atomic E-state index is 11.0. The summed E-state index contributed by atoms with van der Waals surface area (Å²) >= 11 is 0. The van der Waals surface area contributed by atoms with Crippen molar-refractivity contribution in [3.05, 3.63) is 17.0 Å². The Morgan fingerprint density at radius 3 is 2.33 bits per heavy atom. The van der Waals surface area contributed by atoms with Gasteiger partial charge < -0.3 is 5.11 Å². The molecule has 1 N–H and O–H groups in total. The summed E-state index contributed by atoms with van der Waals surface area (Å²) in [7, 11) is 0. The van der Waals surface area contributed by atoms with E-state index in [1.807, 2.05) is 11.6 Å². The van der Waals surface area contributed by atoms with E-state index in [9.17, 15) is 4.79 Å². The van der Waals surface area contributed by atoms with Crippen molar-refractivity contribution in [2.75, 3.05) is 0 Å². The molecule has 0 saturated heterocycles. The summed E-state index contributed by atoms with van der Waals surface area (Å²) in [4.78, 5) is 11.0. The fourth-order valence-corrected chi connectivity index (χ4v) is 1.94. The fourth-order valence-electron chi connectivity index (χ4n) is 1.94. The lowest BCUT2D eigenvalue weighted by atomic mass is 9.87. The molecule has 102 valence electrons. The maximum Gasteiger partial charge on any atom is 0.309 e. The van der Waals surface area contributed by atoms with Gasteiger partial charge in [0.2, 0.25) is 0 Å². The zero-order chi connectivity index (χ0) is 13.9. The molecule has 0 aliphatic carbocycles. The molecule has 0 aliphatic rings. The van der Waals surface area contributed by atoms with Crippen molar-refractivity contribution in [2.45, 2.75) is 60.4 Å². The van der Waals surface area contributed by atoms with Crippen LogP contribution in [0.25, 0.3) is 0 Å². The van der Waals surface area contributed by atoms with Crippen molar-refractivity contribution in [3.8, 4) is 0 Å². The molecule has 0 amide bonds. The average molecular weight is 252 g/mol. The standard InChI is InChI=1S/C14H24N2O2/c1-10-11(2)15-16(12(10)3)9-7-6-8-14(4,5)13(17)18/h6-9H2,1-5H3,(H,17,18). The Morgan fingerprint density at radius 1 is 1.28 bits per heavy atom. The predicted octanol–water partition coefficient (Wildman–Crippen LogP) is 3.09. The van der Waals surface area contributed by atoms with E-state index < -0.39 is 11.4 Å². The van der Waals surface area contributed by atoms with Crippen LogP contribution in [0.5, 0.6) is 0 Å². The molecule has 0 atom stereocenters. The number of aliphatic carboxylic acids is 1. The monoisotopic (exact) mass is 252 g/mol. The summed E-state index contributed by atoms with van der Waals surface area (Å²) < 4.78 is 2.03. The number of aryl methyl sites for hydroxylation is 2. The van der Waals surface area contributed by atoms with E-state index >= 15 is 0 Å². The van der Waals surface area contributed by atoms with Gasteiger partial charge in [-0.3, -0.25) is 9.48 Å². The highest BCUT2D eigenvalue weighted by molar-refractivity contribution is 5.73. The molecule has 0 spiro atoms. The molecule has 1 heterocycles. The highest BCUT2D eigenvalue weighted by Gasteiger charge is 2.26. The van der Waals surface area contributed by atoms with Crippen LogP contribution >= 0.6 is 0 Å². The maximum atomic E-state index is 11.0. The van der Waals surface area contributed by atoms with Crippen LogP contribution in [-0.4, -0.2) is 20.9 Å². The molecular weight excluding hydrogens is 228 g/mol. The third-order valence-corrected chi connectivity index (χ3v) is 3.74. The molecule has 0 saturated carbocycles. The van der Waals surface area contributed by atoms with Crippen LogP contribution in [0.2, 0.25) is 0 Å². The molecule has 1 aromatic rings. The first-order chi connectivity index (χ1) is 8.25. The zero-order valence-electron chi connectivity index (χ0n) is 12.1. The number of hydrogen-bond acceptors (Lipinski definition) is 2. The lowest BCUT2D eigenvalue weighted by molar-refractivity contribution is -0.147. The third kappa shape index (κ3) is 3.34. The molecule has 1 rings (SSSR count). The van der Waals surface area contributed by atoms with E-state index in [-0.39, 0.29) is 0 Å². The number of rotatable bonds is 6. The minimum absolute atomic E-state index is 0.620. The van der Waals surface area contributed by atoms with Gasteiger partial charge in [-0.2, -0.15) is 5.10 Å². The summed E-state index contributed by atoms with van der Waals surface area (Å²) in [5.74, 6) is -0.718. The Labute approximate surface area is 109 Å². The molecular formula is C14H24N2O2. The smallest absolute Gasteiger partial charge is 0.309 e. The SMILES string of the molecule is Cc1nn(CCCCC(C)(C)C(=O)O)c(C)c1C. The van der Waals surface area contributed by atoms with Gasteiger partial charge in [-0.1, -0.05) is 6.42 Å². The number of carboxylic acid groups (broad SMARTS) is 1. The lowest BCUT2D eigenvalue weighted by Gasteiger charge is -2.18. The summed E-state index contributed by atoms with van der Waals surface area (Å²) in [6, 6.07) is 0. The van der Waals surface area contributed by atoms with E-state index in [1.54, 1.807) is 13.8 Å². The van der Waals surface area contributed by atoms with E-state index in [4.69, 9.17) is 5.11 Å². The molecule has 0 fully saturated rings. The number of carbonyl (C=O) groups is 1. The number of unbranched alkanes of at least 4 members (excludes halogenated alkanes) is 1. The third-order valence-electron chi connectivity index (χ3n) is 3.74. The Balaban J connectivity index is 2.43. The van der Waals surface area contributed by atoms with Crippen LogP contribution < -0.4 is 0 Å². The van der Waals surface area contributed by atoms with Crippen molar-refractivity contribution < 1.29 is 9.90 Å². The van der Waals surface area contributed by atoms with Gasteiger partial charge in [0.1, 0.15) is 0 Å². The molecule has 1 aromatic heterocycles. The van der Waals surface area contributed by atoms with Gasteiger partial charge in [-0.25, -0.2) is 0 Å². The quantitative estimate of drug-likeness (QED) is 0.791. The normalized spacial score (nSPS) is 11.8. The Kier molecular flexibility index (Phi) is 4.54. The van der Waals surface area contributed by atoms with Crippen molar-refractivity contribution in [2.24, 2.45) is 5.41 Å². The number of nitrogens with zero attached hydrogens (tertiary/aromatic N) is 2. The predicted molar refractivity (Wildman–Crippen MR) is 71.7 cm³/mol. The Morgan fingerprint density at radius 2 is 1.89 bits per heavy atom. The minimum atomic E-state index is -0.718. The largest absolute Gasteiger partial charge is 0.481 e. The number of aromatic nitrogens is 2. The summed E-state index contributed by atoms with van der Waals surface area (Å²) in [6.45, 7) is 10.6. The van der Waals surface area contributed by atoms with Crippen LogP contribution in [-0.2, 0) is 11.3 Å². The van der Waals surface area contributed by atoms with Gasteiger partial charge >= 0.3 is 5.97 Å². The number of hydrogen-bond donors (Lipinski definition) is 1. The van der Waals surface area contributed by atoms with Gasteiger partial charge in [-0.15, -0.1) is 0 Å². The molecule has 0 aromatic carbocycles. The van der Waals surface area contributed by atoms with Gasteiger partial charge in [-0.05, 0) is 53.0 Å². The first kappa shape index (κ1) is 14.7. The van der Waals surface area contributed by atoms with E-state index in [0.29, 0.717) is 6.42 Å².